The van der Waals surface area contributed by atoms with Gasteiger partial charge in [0.15, 0.2) is 0 Å². The molecule has 0 atom stereocenters. The van der Waals surface area contributed by atoms with E-state index in [-0.39, 0.29) is 5.91 Å². The Kier molecular flexibility index (Phi) is 3.57. The molecule has 0 aliphatic rings. The first-order valence-electron chi connectivity index (χ1n) is 4.98. The molecular weight excluding hydrogens is 238 g/mol. The van der Waals surface area contributed by atoms with Gasteiger partial charge in [-0.05, 0) is 17.7 Å². The highest BCUT2D eigenvalue weighted by Gasteiger charge is 1.99. The molecule has 1 heterocycles. The van der Waals surface area contributed by atoms with Crippen LogP contribution in [0.15, 0.2) is 42.6 Å². The first-order chi connectivity index (χ1) is 8.25. The lowest BCUT2D eigenvalue weighted by Gasteiger charge is -1.98. The van der Waals surface area contributed by atoms with Gasteiger partial charge in [0.2, 0.25) is 5.91 Å². The fourth-order valence-corrected chi connectivity index (χ4v) is 1.47. The number of nitrogens with zero attached hydrogens (tertiary/aromatic N) is 1. The van der Waals surface area contributed by atoms with Crippen LogP contribution in [0.4, 0.5) is 5.82 Å². The Morgan fingerprint density at radius 2 is 2.18 bits per heavy atom. The van der Waals surface area contributed by atoms with Gasteiger partial charge in [0.1, 0.15) is 5.82 Å². The second-order valence-electron chi connectivity index (χ2n) is 3.31. The van der Waals surface area contributed by atoms with Crippen molar-refractivity contribution < 1.29 is 4.79 Å². The molecule has 0 aliphatic heterocycles. The molecule has 0 saturated heterocycles. The van der Waals surface area contributed by atoms with Crippen LogP contribution in [0, 0.1) is 0 Å². The number of carbonyl (C=O) groups is 1. The topological polar surface area (TPSA) is 57.8 Å². The summed E-state index contributed by atoms with van der Waals surface area (Å²) in [4.78, 5) is 11.5. The molecule has 4 nitrogen and oxygen atoms in total. The number of halogens is 1. The zero-order valence-corrected chi connectivity index (χ0v) is 9.61. The monoisotopic (exact) mass is 247 g/mol. The van der Waals surface area contributed by atoms with E-state index in [0.717, 1.165) is 5.56 Å². The predicted octanol–water partition coefficient (Wildman–Crippen LogP) is 2.71. The number of aromatic amines is 1. The van der Waals surface area contributed by atoms with Crippen molar-refractivity contribution in [1.82, 2.24) is 10.2 Å². The van der Waals surface area contributed by atoms with E-state index in [2.05, 4.69) is 15.5 Å². The molecule has 0 spiro atoms. The van der Waals surface area contributed by atoms with Crippen molar-refractivity contribution in [2.45, 2.75) is 0 Å². The van der Waals surface area contributed by atoms with Gasteiger partial charge in [-0.1, -0.05) is 29.8 Å². The average Bonchev–Trinajstić information content (AvgIpc) is 2.81. The molecule has 0 fully saturated rings. The summed E-state index contributed by atoms with van der Waals surface area (Å²) in [5.74, 6) is 0.313. The van der Waals surface area contributed by atoms with Gasteiger partial charge in [-0.15, -0.1) is 0 Å². The van der Waals surface area contributed by atoms with E-state index in [1.807, 2.05) is 18.2 Å². The van der Waals surface area contributed by atoms with Crippen LogP contribution in [0.2, 0.25) is 5.02 Å². The molecule has 0 radical (unpaired) electrons. The fraction of sp³-hybridized carbons (Fsp3) is 0. The van der Waals surface area contributed by atoms with Crippen molar-refractivity contribution in [3.8, 4) is 0 Å². The summed E-state index contributed by atoms with van der Waals surface area (Å²) in [5, 5.41) is 9.59. The van der Waals surface area contributed by atoms with Gasteiger partial charge in [0.25, 0.3) is 0 Å². The second kappa shape index (κ2) is 5.32. The maximum Gasteiger partial charge on any atom is 0.249 e. The van der Waals surface area contributed by atoms with Crippen LogP contribution >= 0.6 is 11.6 Å². The smallest absolute Gasteiger partial charge is 0.249 e. The molecule has 86 valence electrons. The number of aromatic nitrogens is 2. The Hall–Kier alpha value is -2.07. The minimum atomic E-state index is -0.242. The van der Waals surface area contributed by atoms with E-state index in [9.17, 15) is 4.79 Å². The summed E-state index contributed by atoms with van der Waals surface area (Å²) in [6.07, 6.45) is 4.64. The quantitative estimate of drug-likeness (QED) is 0.820. The zero-order valence-electron chi connectivity index (χ0n) is 8.85. The van der Waals surface area contributed by atoms with E-state index in [1.165, 1.54) is 6.08 Å². The van der Waals surface area contributed by atoms with Crippen molar-refractivity contribution in [2.75, 3.05) is 5.32 Å². The molecule has 2 aromatic rings. The summed E-state index contributed by atoms with van der Waals surface area (Å²) in [6, 6.07) is 8.97. The minimum absolute atomic E-state index is 0.242. The summed E-state index contributed by atoms with van der Waals surface area (Å²) in [5.41, 5.74) is 0.800. The van der Waals surface area contributed by atoms with Crippen molar-refractivity contribution in [2.24, 2.45) is 0 Å². The number of hydrogen-bond acceptors (Lipinski definition) is 2. The molecule has 17 heavy (non-hydrogen) atoms. The van der Waals surface area contributed by atoms with Crippen LogP contribution in [0.1, 0.15) is 5.56 Å². The van der Waals surface area contributed by atoms with Crippen molar-refractivity contribution in [3.63, 3.8) is 0 Å². The SMILES string of the molecule is O=C(C=Cc1ccccc1Cl)Nc1ccn[nH]1. The van der Waals surface area contributed by atoms with E-state index >= 15 is 0 Å². The summed E-state index contributed by atoms with van der Waals surface area (Å²) >= 11 is 5.95. The maximum atomic E-state index is 11.5. The number of amides is 1. The van der Waals surface area contributed by atoms with Crippen LogP contribution in [0.25, 0.3) is 6.08 Å². The Labute approximate surface area is 103 Å². The highest BCUT2D eigenvalue weighted by Crippen LogP contribution is 2.16. The summed E-state index contributed by atoms with van der Waals surface area (Å²) < 4.78 is 0. The number of carbonyl (C=O) groups excluding carboxylic acids is 1. The van der Waals surface area contributed by atoms with Gasteiger partial charge in [-0.25, -0.2) is 0 Å². The Bertz CT molecular complexity index is 534. The third-order valence-electron chi connectivity index (χ3n) is 2.08. The van der Waals surface area contributed by atoms with Gasteiger partial charge in [0, 0.05) is 17.2 Å². The molecular formula is C12H10ClN3O. The van der Waals surface area contributed by atoms with E-state index in [0.29, 0.717) is 10.8 Å². The summed E-state index contributed by atoms with van der Waals surface area (Å²) in [6.45, 7) is 0. The van der Waals surface area contributed by atoms with Gasteiger partial charge in [0.05, 0.1) is 6.20 Å². The highest BCUT2D eigenvalue weighted by atomic mass is 35.5. The van der Waals surface area contributed by atoms with Crippen molar-refractivity contribution >= 4 is 29.4 Å². The predicted molar refractivity (Wildman–Crippen MR) is 67.7 cm³/mol. The number of benzene rings is 1. The molecule has 5 heteroatoms. The normalized spacial score (nSPS) is 10.6. The lowest BCUT2D eigenvalue weighted by Crippen LogP contribution is -2.07. The third kappa shape index (κ3) is 3.19. The Balaban J connectivity index is 2.01. The van der Waals surface area contributed by atoms with Crippen LogP contribution in [-0.4, -0.2) is 16.1 Å². The van der Waals surface area contributed by atoms with Crippen molar-refractivity contribution in [3.05, 3.63) is 53.2 Å². The number of anilines is 1. The van der Waals surface area contributed by atoms with E-state index in [4.69, 9.17) is 11.6 Å². The number of H-pyrrole nitrogens is 1. The average molecular weight is 248 g/mol. The molecule has 0 saturated carbocycles. The number of rotatable bonds is 3. The first-order valence-corrected chi connectivity index (χ1v) is 5.36. The zero-order chi connectivity index (χ0) is 12.1. The largest absolute Gasteiger partial charge is 0.307 e. The minimum Gasteiger partial charge on any atom is -0.307 e. The van der Waals surface area contributed by atoms with Gasteiger partial charge >= 0.3 is 0 Å². The van der Waals surface area contributed by atoms with Crippen LogP contribution in [0.5, 0.6) is 0 Å². The molecule has 1 amide bonds. The standard InChI is InChI=1S/C12H10ClN3O/c13-10-4-2-1-3-9(10)5-6-12(17)15-11-7-8-14-16-11/h1-8H,(H2,14,15,16,17). The second-order valence-corrected chi connectivity index (χ2v) is 3.72. The summed E-state index contributed by atoms with van der Waals surface area (Å²) in [7, 11) is 0. The first kappa shape index (κ1) is 11.4. The van der Waals surface area contributed by atoms with Gasteiger partial charge in [-0.3, -0.25) is 9.89 Å². The van der Waals surface area contributed by atoms with Crippen LogP contribution in [0.3, 0.4) is 0 Å². The van der Waals surface area contributed by atoms with Gasteiger partial charge < -0.3 is 5.32 Å². The highest BCUT2D eigenvalue weighted by molar-refractivity contribution is 6.32. The molecule has 0 aliphatic carbocycles. The lowest BCUT2D eigenvalue weighted by molar-refractivity contribution is -0.111. The molecule has 0 bridgehead atoms. The third-order valence-corrected chi connectivity index (χ3v) is 2.42. The van der Waals surface area contributed by atoms with Crippen LogP contribution < -0.4 is 5.32 Å². The fourth-order valence-electron chi connectivity index (χ4n) is 1.28. The maximum absolute atomic E-state index is 11.5. The Morgan fingerprint density at radius 3 is 2.88 bits per heavy atom. The molecule has 0 unspecified atom stereocenters. The van der Waals surface area contributed by atoms with Crippen LogP contribution in [-0.2, 0) is 4.79 Å². The lowest BCUT2D eigenvalue weighted by atomic mass is 10.2. The number of hydrogen-bond donors (Lipinski definition) is 2. The van der Waals surface area contributed by atoms with E-state index < -0.39 is 0 Å². The molecule has 1 aromatic heterocycles. The van der Waals surface area contributed by atoms with E-state index in [1.54, 1.807) is 24.4 Å². The van der Waals surface area contributed by atoms with Crippen molar-refractivity contribution in [1.29, 1.82) is 0 Å². The number of nitrogens with one attached hydrogen (secondary N) is 2. The molecule has 2 N–H and O–H groups in total. The van der Waals surface area contributed by atoms with Gasteiger partial charge in [-0.2, -0.15) is 5.10 Å². The molecule has 2 rings (SSSR count). The Morgan fingerprint density at radius 1 is 1.35 bits per heavy atom. The molecule has 1 aromatic carbocycles.